The zero-order valence-corrected chi connectivity index (χ0v) is 15.1. The van der Waals surface area contributed by atoms with Gasteiger partial charge in [0.25, 0.3) is 0 Å². The van der Waals surface area contributed by atoms with E-state index in [9.17, 15) is 0 Å². The van der Waals surface area contributed by atoms with Crippen LogP contribution in [0.15, 0.2) is 34.9 Å². The Morgan fingerprint density at radius 1 is 1.15 bits per heavy atom. The van der Waals surface area contributed by atoms with E-state index in [1.165, 1.54) is 15.3 Å². The minimum atomic E-state index is 0.849. The van der Waals surface area contributed by atoms with Gasteiger partial charge in [-0.3, -0.25) is 4.99 Å². The fourth-order valence-electron chi connectivity index (χ4n) is 1.28. The van der Waals surface area contributed by atoms with Crippen LogP contribution in [0.3, 0.4) is 0 Å². The van der Waals surface area contributed by atoms with E-state index in [0.29, 0.717) is 0 Å². The molecule has 0 amide bonds. The second-order valence-electron chi connectivity index (χ2n) is 3.52. The van der Waals surface area contributed by atoms with Crippen LogP contribution in [0.5, 0.6) is 0 Å². The summed E-state index contributed by atoms with van der Waals surface area (Å²) in [7, 11) is 0. The zero-order chi connectivity index (χ0) is 15.8. The number of aliphatic imine (C=N–C) groups is 1. The molecule has 0 aliphatic carbocycles. The molecule has 1 nitrogen and oxygen atoms in total. The maximum atomic E-state index is 4.19. The Kier molecular flexibility index (Phi) is 16.8. The lowest BCUT2D eigenvalue weighted by Crippen LogP contribution is -1.77. The topological polar surface area (TPSA) is 12.4 Å². The molecule has 0 N–H and O–H groups in total. The summed E-state index contributed by atoms with van der Waals surface area (Å²) in [5.74, 6) is 0. The van der Waals surface area contributed by atoms with E-state index >= 15 is 0 Å². The highest BCUT2D eigenvalue weighted by Crippen LogP contribution is 2.17. The predicted octanol–water partition coefficient (Wildman–Crippen LogP) is 6.55. The summed E-state index contributed by atoms with van der Waals surface area (Å²) in [6.45, 7) is 15.2. The fraction of sp³-hybridized carbons (Fsp3) is 0.500. The lowest BCUT2D eigenvalue weighted by molar-refractivity contribution is 1.13. The van der Waals surface area contributed by atoms with Crippen LogP contribution in [-0.4, -0.2) is 12.8 Å². The van der Waals surface area contributed by atoms with Crippen molar-refractivity contribution in [3.8, 4) is 0 Å². The van der Waals surface area contributed by atoms with Crippen molar-refractivity contribution in [3.05, 3.63) is 39.6 Å². The average Bonchev–Trinajstić information content (AvgIpc) is 2.92. The summed E-state index contributed by atoms with van der Waals surface area (Å²) in [4.78, 5) is 6.85. The van der Waals surface area contributed by atoms with Gasteiger partial charge in [0.2, 0.25) is 0 Å². The third-order valence-corrected chi connectivity index (χ3v) is 3.17. The lowest BCUT2D eigenvalue weighted by Gasteiger charge is -1.93. The third-order valence-electron chi connectivity index (χ3n) is 2.21. The maximum Gasteiger partial charge on any atom is 0.0360 e. The monoisotopic (exact) mass is 293 g/mol. The summed E-state index contributed by atoms with van der Waals surface area (Å²) in [6.07, 6.45) is 9.36. The van der Waals surface area contributed by atoms with Crippen molar-refractivity contribution in [2.75, 3.05) is 6.54 Å². The van der Waals surface area contributed by atoms with Gasteiger partial charge in [-0.05, 0) is 50.1 Å². The smallest absolute Gasteiger partial charge is 0.0360 e. The average molecular weight is 294 g/mol. The largest absolute Gasteiger partial charge is 0.293 e. The number of hydrogen-bond donors (Lipinski definition) is 0. The molecule has 1 rings (SSSR count). The molecule has 0 saturated heterocycles. The van der Waals surface area contributed by atoms with Crippen LogP contribution in [0.2, 0.25) is 0 Å². The minimum absolute atomic E-state index is 0.849. The van der Waals surface area contributed by atoms with Gasteiger partial charge in [-0.15, -0.1) is 11.3 Å². The summed E-state index contributed by atoms with van der Waals surface area (Å²) in [6, 6.07) is 4.31. The van der Waals surface area contributed by atoms with E-state index in [-0.39, 0.29) is 0 Å². The SMILES string of the molecule is CC.CC.CCN=C/C=C(/C=C/c1ccc(C)s1)CC. The van der Waals surface area contributed by atoms with Crippen molar-refractivity contribution in [1.82, 2.24) is 0 Å². The number of thiophene rings is 1. The standard InChI is InChI=1S/C14H19NS.2C2H6/c1-4-13(10-11-15-5-2)7-9-14-8-6-12(3)16-14;2*1-2/h6-11H,4-5H2,1-3H3;2*1-2H3/b9-7+,13-10+,15-11?;;. The summed E-state index contributed by atoms with van der Waals surface area (Å²) >= 11 is 1.82. The Hall–Kier alpha value is -1.15. The number of allylic oxidation sites excluding steroid dienone is 3. The van der Waals surface area contributed by atoms with Gasteiger partial charge in [0.15, 0.2) is 0 Å². The van der Waals surface area contributed by atoms with Crippen molar-refractivity contribution < 1.29 is 0 Å². The second kappa shape index (κ2) is 15.9. The van der Waals surface area contributed by atoms with E-state index in [4.69, 9.17) is 0 Å². The number of hydrogen-bond acceptors (Lipinski definition) is 2. The number of nitrogens with zero attached hydrogens (tertiary/aromatic N) is 1. The third kappa shape index (κ3) is 10.7. The molecule has 0 radical (unpaired) electrons. The molecule has 0 unspecified atom stereocenters. The van der Waals surface area contributed by atoms with Crippen LogP contribution < -0.4 is 0 Å². The van der Waals surface area contributed by atoms with Crippen molar-refractivity contribution >= 4 is 23.6 Å². The molecular weight excluding hydrogens is 262 g/mol. The highest BCUT2D eigenvalue weighted by Gasteiger charge is 1.91. The minimum Gasteiger partial charge on any atom is -0.293 e. The van der Waals surface area contributed by atoms with Crippen molar-refractivity contribution in [2.45, 2.75) is 54.9 Å². The molecule has 1 aromatic heterocycles. The Morgan fingerprint density at radius 3 is 2.25 bits per heavy atom. The van der Waals surface area contributed by atoms with Gasteiger partial charge in [0.1, 0.15) is 0 Å². The molecule has 1 heterocycles. The zero-order valence-electron chi connectivity index (χ0n) is 14.2. The summed E-state index contributed by atoms with van der Waals surface area (Å²) in [5, 5.41) is 0. The maximum absolute atomic E-state index is 4.19. The number of rotatable bonds is 5. The van der Waals surface area contributed by atoms with Crippen LogP contribution in [0.1, 0.15) is 57.7 Å². The van der Waals surface area contributed by atoms with Gasteiger partial charge >= 0.3 is 0 Å². The Labute approximate surface area is 130 Å². The molecule has 0 bridgehead atoms. The Balaban J connectivity index is 0. The predicted molar refractivity (Wildman–Crippen MR) is 98.2 cm³/mol. The highest BCUT2D eigenvalue weighted by atomic mass is 32.1. The number of aryl methyl sites for hydroxylation is 1. The van der Waals surface area contributed by atoms with Crippen LogP contribution in [-0.2, 0) is 0 Å². The van der Waals surface area contributed by atoms with E-state index in [0.717, 1.165) is 13.0 Å². The molecular formula is C18H31NS. The van der Waals surface area contributed by atoms with Gasteiger partial charge in [0, 0.05) is 22.5 Å². The molecule has 0 aliphatic rings. The van der Waals surface area contributed by atoms with Crippen LogP contribution >= 0.6 is 11.3 Å². The lowest BCUT2D eigenvalue weighted by atomic mass is 10.2. The van der Waals surface area contributed by atoms with E-state index in [2.05, 4.69) is 49.2 Å². The normalized spacial score (nSPS) is 11.1. The molecule has 20 heavy (non-hydrogen) atoms. The Morgan fingerprint density at radius 2 is 1.80 bits per heavy atom. The molecule has 0 aliphatic heterocycles. The first-order chi connectivity index (χ1) is 9.76. The van der Waals surface area contributed by atoms with Crippen molar-refractivity contribution in [2.24, 2.45) is 4.99 Å². The fourth-order valence-corrected chi connectivity index (χ4v) is 2.06. The molecule has 1 aromatic rings. The highest BCUT2D eigenvalue weighted by molar-refractivity contribution is 7.12. The van der Waals surface area contributed by atoms with Crippen molar-refractivity contribution in [3.63, 3.8) is 0 Å². The molecule has 0 atom stereocenters. The van der Waals surface area contributed by atoms with Crippen molar-refractivity contribution in [1.29, 1.82) is 0 Å². The first-order valence-corrected chi connectivity index (χ1v) is 8.51. The van der Waals surface area contributed by atoms with Gasteiger partial charge in [0.05, 0.1) is 0 Å². The Bertz CT molecular complexity index is 397. The second-order valence-corrected chi connectivity index (χ2v) is 4.84. The molecule has 0 spiro atoms. The summed E-state index contributed by atoms with van der Waals surface area (Å²) in [5.41, 5.74) is 1.31. The van der Waals surface area contributed by atoms with Crippen LogP contribution in [0.4, 0.5) is 0 Å². The first-order valence-electron chi connectivity index (χ1n) is 7.69. The van der Waals surface area contributed by atoms with Gasteiger partial charge in [-0.2, -0.15) is 0 Å². The molecule has 2 heteroatoms. The van der Waals surface area contributed by atoms with E-state index in [1.807, 2.05) is 52.2 Å². The van der Waals surface area contributed by atoms with E-state index in [1.54, 1.807) is 0 Å². The van der Waals surface area contributed by atoms with Crippen LogP contribution in [0.25, 0.3) is 6.08 Å². The quantitative estimate of drug-likeness (QED) is 0.431. The van der Waals surface area contributed by atoms with Gasteiger partial charge in [-0.1, -0.05) is 40.7 Å². The van der Waals surface area contributed by atoms with Gasteiger partial charge < -0.3 is 0 Å². The molecule has 0 aromatic carbocycles. The molecule has 0 saturated carbocycles. The van der Waals surface area contributed by atoms with Crippen LogP contribution in [0, 0.1) is 6.92 Å². The van der Waals surface area contributed by atoms with Gasteiger partial charge in [-0.25, -0.2) is 0 Å². The summed E-state index contributed by atoms with van der Waals surface area (Å²) < 4.78 is 0. The first kappa shape index (κ1) is 21.2. The molecule has 0 fully saturated rings. The van der Waals surface area contributed by atoms with E-state index < -0.39 is 0 Å². The molecule has 114 valence electrons.